The molecule has 1 heterocycles. The summed E-state index contributed by atoms with van der Waals surface area (Å²) in [5.74, 6) is -0.316. The molecule has 0 bridgehead atoms. The standard InChI is InChI=1S/C11H17N3O3/c1-8-2-3-10(15)9(14-8)6-13-4-5-17-7-11(12)16/h2-3,13,15H,4-7H2,1H3,(H2,12,16). The van der Waals surface area contributed by atoms with E-state index in [1.54, 1.807) is 12.1 Å². The predicted octanol–water partition coefficient (Wildman–Crippen LogP) is -0.313. The highest BCUT2D eigenvalue weighted by Gasteiger charge is 2.02. The van der Waals surface area contributed by atoms with Gasteiger partial charge in [0.05, 0.1) is 12.3 Å². The van der Waals surface area contributed by atoms with Gasteiger partial charge in [-0.2, -0.15) is 0 Å². The van der Waals surface area contributed by atoms with E-state index in [0.29, 0.717) is 25.4 Å². The van der Waals surface area contributed by atoms with Crippen LogP contribution >= 0.6 is 0 Å². The summed E-state index contributed by atoms with van der Waals surface area (Å²) in [7, 11) is 0. The Balaban J connectivity index is 2.22. The van der Waals surface area contributed by atoms with Gasteiger partial charge in [0.15, 0.2) is 0 Å². The number of carbonyl (C=O) groups excluding carboxylic acids is 1. The topological polar surface area (TPSA) is 97.5 Å². The van der Waals surface area contributed by atoms with Crippen molar-refractivity contribution in [3.05, 3.63) is 23.5 Å². The number of nitrogens with one attached hydrogen (secondary N) is 1. The molecule has 4 N–H and O–H groups in total. The van der Waals surface area contributed by atoms with Gasteiger partial charge in [-0.15, -0.1) is 0 Å². The lowest BCUT2D eigenvalue weighted by atomic mass is 10.3. The van der Waals surface area contributed by atoms with Crippen LogP contribution in [0.15, 0.2) is 12.1 Å². The van der Waals surface area contributed by atoms with Gasteiger partial charge in [-0.25, -0.2) is 0 Å². The van der Waals surface area contributed by atoms with Gasteiger partial charge >= 0.3 is 0 Å². The second-order valence-corrected chi connectivity index (χ2v) is 3.61. The predicted molar refractivity (Wildman–Crippen MR) is 62.4 cm³/mol. The second kappa shape index (κ2) is 6.82. The Bertz CT molecular complexity index is 382. The zero-order valence-corrected chi connectivity index (χ0v) is 9.77. The van der Waals surface area contributed by atoms with Crippen LogP contribution in [0.3, 0.4) is 0 Å². The zero-order chi connectivity index (χ0) is 12.7. The fourth-order valence-electron chi connectivity index (χ4n) is 1.26. The first-order valence-electron chi connectivity index (χ1n) is 5.32. The molecule has 0 saturated heterocycles. The summed E-state index contributed by atoms with van der Waals surface area (Å²) in [6.45, 7) is 3.18. The Morgan fingerprint density at radius 2 is 2.35 bits per heavy atom. The van der Waals surface area contributed by atoms with Gasteiger partial charge in [0.1, 0.15) is 12.4 Å². The van der Waals surface area contributed by atoms with Crippen molar-refractivity contribution >= 4 is 5.91 Å². The van der Waals surface area contributed by atoms with E-state index in [9.17, 15) is 9.90 Å². The quantitative estimate of drug-likeness (QED) is 0.567. The Labute approximate surface area is 99.8 Å². The average Bonchev–Trinajstić information content (AvgIpc) is 2.27. The summed E-state index contributed by atoms with van der Waals surface area (Å²) in [6, 6.07) is 3.36. The molecule has 0 fully saturated rings. The first-order valence-corrected chi connectivity index (χ1v) is 5.32. The van der Waals surface area contributed by atoms with E-state index in [4.69, 9.17) is 10.5 Å². The maximum atomic E-state index is 10.4. The number of nitrogens with zero attached hydrogens (tertiary/aromatic N) is 1. The van der Waals surface area contributed by atoms with E-state index in [2.05, 4.69) is 10.3 Å². The third-order valence-corrected chi connectivity index (χ3v) is 2.05. The van der Waals surface area contributed by atoms with Crippen LogP contribution in [0.25, 0.3) is 0 Å². The Morgan fingerprint density at radius 3 is 3.06 bits per heavy atom. The molecule has 1 aromatic heterocycles. The summed E-state index contributed by atoms with van der Waals surface area (Å²) in [6.07, 6.45) is 0. The number of hydrogen-bond donors (Lipinski definition) is 3. The molecule has 0 unspecified atom stereocenters. The van der Waals surface area contributed by atoms with Gasteiger partial charge in [0.25, 0.3) is 0 Å². The number of ether oxygens (including phenoxy) is 1. The van der Waals surface area contributed by atoms with E-state index in [1.165, 1.54) is 0 Å². The van der Waals surface area contributed by atoms with E-state index in [0.717, 1.165) is 5.69 Å². The Kier molecular flexibility index (Phi) is 5.38. The molecule has 0 atom stereocenters. The van der Waals surface area contributed by atoms with Crippen LogP contribution in [0.4, 0.5) is 0 Å². The smallest absolute Gasteiger partial charge is 0.243 e. The third kappa shape index (κ3) is 5.28. The number of aryl methyl sites for hydroxylation is 1. The van der Waals surface area contributed by atoms with Crippen LogP contribution in [0.1, 0.15) is 11.4 Å². The van der Waals surface area contributed by atoms with Gasteiger partial charge < -0.3 is 20.9 Å². The van der Waals surface area contributed by atoms with Gasteiger partial charge in [-0.3, -0.25) is 9.78 Å². The summed E-state index contributed by atoms with van der Waals surface area (Å²) < 4.78 is 4.97. The maximum Gasteiger partial charge on any atom is 0.243 e. The van der Waals surface area contributed by atoms with Gasteiger partial charge in [0, 0.05) is 18.8 Å². The fourth-order valence-corrected chi connectivity index (χ4v) is 1.26. The van der Waals surface area contributed by atoms with Crippen molar-refractivity contribution in [2.75, 3.05) is 19.8 Å². The maximum absolute atomic E-state index is 10.4. The normalized spacial score (nSPS) is 10.4. The van der Waals surface area contributed by atoms with Crippen LogP contribution in [0.2, 0.25) is 0 Å². The molecule has 0 spiro atoms. The lowest BCUT2D eigenvalue weighted by Gasteiger charge is -2.07. The number of aromatic nitrogens is 1. The number of pyridine rings is 1. The number of carbonyl (C=O) groups is 1. The molecule has 6 nitrogen and oxygen atoms in total. The van der Waals surface area contributed by atoms with Crippen LogP contribution in [-0.4, -0.2) is 35.8 Å². The Morgan fingerprint density at radius 1 is 1.59 bits per heavy atom. The lowest BCUT2D eigenvalue weighted by Crippen LogP contribution is -2.24. The molecule has 6 heteroatoms. The molecule has 0 radical (unpaired) electrons. The highest BCUT2D eigenvalue weighted by Crippen LogP contribution is 2.13. The molecule has 0 saturated carbocycles. The summed E-state index contributed by atoms with van der Waals surface area (Å²) in [5.41, 5.74) is 6.36. The minimum absolute atomic E-state index is 0.0738. The number of rotatable bonds is 7. The monoisotopic (exact) mass is 239 g/mol. The molecule has 1 aromatic rings. The van der Waals surface area contributed by atoms with Crippen LogP contribution in [0.5, 0.6) is 5.75 Å². The van der Waals surface area contributed by atoms with Crippen molar-refractivity contribution in [1.82, 2.24) is 10.3 Å². The van der Waals surface area contributed by atoms with Crippen LogP contribution in [-0.2, 0) is 16.1 Å². The summed E-state index contributed by atoms with van der Waals surface area (Å²) in [5, 5.41) is 12.6. The molecule has 94 valence electrons. The second-order valence-electron chi connectivity index (χ2n) is 3.61. The van der Waals surface area contributed by atoms with Gasteiger partial charge in [-0.05, 0) is 19.1 Å². The molecule has 0 aliphatic rings. The van der Waals surface area contributed by atoms with Crippen molar-refractivity contribution in [1.29, 1.82) is 0 Å². The molecule has 17 heavy (non-hydrogen) atoms. The first kappa shape index (κ1) is 13.4. The van der Waals surface area contributed by atoms with E-state index < -0.39 is 5.91 Å². The molecule has 0 aliphatic heterocycles. The van der Waals surface area contributed by atoms with Crippen molar-refractivity contribution in [3.8, 4) is 5.75 Å². The molecule has 0 aliphatic carbocycles. The Hall–Kier alpha value is -1.66. The van der Waals surface area contributed by atoms with Gasteiger partial charge in [-0.1, -0.05) is 0 Å². The number of primary amides is 1. The molecule has 1 rings (SSSR count). The number of aromatic hydroxyl groups is 1. The number of nitrogens with two attached hydrogens (primary N) is 1. The minimum Gasteiger partial charge on any atom is -0.506 e. The first-order chi connectivity index (χ1) is 8.09. The third-order valence-electron chi connectivity index (χ3n) is 2.05. The average molecular weight is 239 g/mol. The van der Waals surface area contributed by atoms with Crippen molar-refractivity contribution < 1.29 is 14.6 Å². The van der Waals surface area contributed by atoms with E-state index in [-0.39, 0.29) is 12.4 Å². The largest absolute Gasteiger partial charge is 0.506 e. The van der Waals surface area contributed by atoms with E-state index >= 15 is 0 Å². The SMILES string of the molecule is Cc1ccc(O)c(CNCCOCC(N)=O)n1. The highest BCUT2D eigenvalue weighted by atomic mass is 16.5. The van der Waals surface area contributed by atoms with Crippen LogP contribution < -0.4 is 11.1 Å². The highest BCUT2D eigenvalue weighted by molar-refractivity contribution is 5.74. The van der Waals surface area contributed by atoms with Crippen molar-refractivity contribution in [2.45, 2.75) is 13.5 Å². The molecule has 0 aromatic carbocycles. The van der Waals surface area contributed by atoms with Crippen molar-refractivity contribution in [2.24, 2.45) is 5.73 Å². The van der Waals surface area contributed by atoms with Crippen molar-refractivity contribution in [3.63, 3.8) is 0 Å². The minimum atomic E-state index is -0.483. The molecule has 1 amide bonds. The lowest BCUT2D eigenvalue weighted by molar-refractivity contribution is -0.122. The zero-order valence-electron chi connectivity index (χ0n) is 9.77. The summed E-state index contributed by atoms with van der Waals surface area (Å²) in [4.78, 5) is 14.6. The van der Waals surface area contributed by atoms with E-state index in [1.807, 2.05) is 6.92 Å². The summed E-state index contributed by atoms with van der Waals surface area (Å²) >= 11 is 0. The van der Waals surface area contributed by atoms with Crippen LogP contribution in [0, 0.1) is 6.92 Å². The van der Waals surface area contributed by atoms with Gasteiger partial charge in [0.2, 0.25) is 5.91 Å². The fraction of sp³-hybridized carbons (Fsp3) is 0.455. The molecular formula is C11H17N3O3. The molecular weight excluding hydrogens is 222 g/mol. The number of amides is 1. The number of hydrogen-bond acceptors (Lipinski definition) is 5.